The number of nitrogens with one attached hydrogen (secondary N) is 2. The first kappa shape index (κ1) is 25.7. The van der Waals surface area contributed by atoms with Crippen molar-refractivity contribution in [1.82, 2.24) is 19.9 Å². The van der Waals surface area contributed by atoms with Crippen molar-refractivity contribution in [2.75, 3.05) is 7.11 Å². The highest BCUT2D eigenvalue weighted by Gasteiger charge is 2.18. The van der Waals surface area contributed by atoms with E-state index in [0.29, 0.717) is 0 Å². The lowest BCUT2D eigenvalue weighted by atomic mass is 10.0. The predicted octanol–water partition coefficient (Wildman–Crippen LogP) is 9.67. The van der Waals surface area contributed by atoms with E-state index in [1.165, 1.54) is 0 Å². The van der Waals surface area contributed by atoms with Gasteiger partial charge in [0.05, 0.1) is 29.9 Å². The maximum atomic E-state index is 5.47. The monoisotopic (exact) mass is 568 g/mol. The van der Waals surface area contributed by atoms with Gasteiger partial charge in [0.25, 0.3) is 0 Å². The Balaban J connectivity index is 1.53. The number of methoxy groups -OCH3 is 1. The van der Waals surface area contributed by atoms with Crippen LogP contribution in [0.15, 0.2) is 115 Å². The average Bonchev–Trinajstić information content (AvgIpc) is 3.90. The number of benzene rings is 3. The zero-order valence-corrected chi connectivity index (χ0v) is 24.1. The van der Waals surface area contributed by atoms with Crippen molar-refractivity contribution in [2.24, 2.45) is 0 Å². The van der Waals surface area contributed by atoms with Gasteiger partial charge in [-0.25, -0.2) is 9.97 Å². The summed E-state index contributed by atoms with van der Waals surface area (Å²) in [5.74, 6) is 0.802. The Morgan fingerprint density at radius 3 is 1.34 bits per heavy atom. The van der Waals surface area contributed by atoms with Crippen molar-refractivity contribution < 1.29 is 4.74 Å². The summed E-state index contributed by atoms with van der Waals surface area (Å²) in [4.78, 5) is 17.8. The van der Waals surface area contributed by atoms with Crippen molar-refractivity contribution >= 4 is 46.4 Å². The third kappa shape index (κ3) is 4.61. The van der Waals surface area contributed by atoms with Gasteiger partial charge in [0.15, 0.2) is 0 Å². The largest absolute Gasteiger partial charge is 0.497 e. The number of fused-ring (bicyclic) bond motifs is 8. The van der Waals surface area contributed by atoms with Gasteiger partial charge in [-0.05, 0) is 83.5 Å². The Bertz CT molecular complexity index is 2100. The molecule has 2 aliphatic heterocycles. The van der Waals surface area contributed by atoms with Crippen molar-refractivity contribution in [3.05, 3.63) is 138 Å². The minimum Gasteiger partial charge on any atom is -0.497 e. The van der Waals surface area contributed by atoms with E-state index in [2.05, 4.69) is 125 Å². The van der Waals surface area contributed by atoms with Gasteiger partial charge in [-0.15, -0.1) is 0 Å². The van der Waals surface area contributed by atoms with E-state index in [1.54, 1.807) is 7.11 Å². The van der Waals surface area contributed by atoms with Crippen LogP contribution < -0.4 is 4.74 Å². The highest BCUT2D eigenvalue weighted by atomic mass is 16.5. The summed E-state index contributed by atoms with van der Waals surface area (Å²) in [5.41, 5.74) is 13.8. The fourth-order valence-electron chi connectivity index (χ4n) is 6.01. The topological polar surface area (TPSA) is 66.6 Å². The van der Waals surface area contributed by atoms with Gasteiger partial charge in [0.2, 0.25) is 0 Å². The molecule has 0 fully saturated rings. The molecule has 0 atom stereocenters. The molecule has 6 aromatic rings. The van der Waals surface area contributed by atoms with Crippen molar-refractivity contribution in [2.45, 2.75) is 0 Å². The summed E-state index contributed by atoms with van der Waals surface area (Å²) < 4.78 is 5.47. The molecule has 5 nitrogen and oxygen atoms in total. The highest BCUT2D eigenvalue weighted by molar-refractivity contribution is 5.96. The molecule has 0 radical (unpaired) electrons. The van der Waals surface area contributed by atoms with Crippen molar-refractivity contribution in [3.8, 4) is 39.1 Å². The van der Waals surface area contributed by atoms with Crippen LogP contribution in [0.2, 0.25) is 0 Å². The van der Waals surface area contributed by atoms with Gasteiger partial charge in [-0.1, -0.05) is 72.8 Å². The Morgan fingerprint density at radius 2 is 0.886 bits per heavy atom. The molecule has 2 aliphatic rings. The Hall–Kier alpha value is -5.94. The average molecular weight is 569 g/mol. The Kier molecular flexibility index (Phi) is 6.27. The lowest BCUT2D eigenvalue weighted by Gasteiger charge is -2.07. The van der Waals surface area contributed by atoms with Gasteiger partial charge < -0.3 is 14.7 Å². The smallest absolute Gasteiger partial charge is 0.118 e. The molecule has 8 rings (SSSR count). The van der Waals surface area contributed by atoms with Crippen LogP contribution in [0, 0.1) is 0 Å². The maximum absolute atomic E-state index is 5.47. The van der Waals surface area contributed by atoms with E-state index >= 15 is 0 Å². The summed E-state index contributed by atoms with van der Waals surface area (Å²) >= 11 is 0. The van der Waals surface area contributed by atoms with E-state index in [-0.39, 0.29) is 0 Å². The fourth-order valence-corrected chi connectivity index (χ4v) is 6.01. The van der Waals surface area contributed by atoms with Crippen LogP contribution in [0.1, 0.15) is 22.8 Å². The van der Waals surface area contributed by atoms with Crippen molar-refractivity contribution in [1.29, 1.82) is 0 Å². The summed E-state index contributed by atoms with van der Waals surface area (Å²) in [6.45, 7) is 0. The molecule has 44 heavy (non-hydrogen) atoms. The number of nitrogens with zero attached hydrogens (tertiary/aromatic N) is 2. The van der Waals surface area contributed by atoms with Gasteiger partial charge >= 0.3 is 0 Å². The van der Waals surface area contributed by atoms with E-state index in [0.717, 1.165) is 84.0 Å². The first-order valence-electron chi connectivity index (χ1n) is 14.6. The molecular formula is C39H28N4O. The van der Waals surface area contributed by atoms with Crippen LogP contribution >= 0.6 is 0 Å². The molecule has 0 aliphatic carbocycles. The molecule has 5 heterocycles. The lowest BCUT2D eigenvalue weighted by molar-refractivity contribution is 0.415. The summed E-state index contributed by atoms with van der Waals surface area (Å²) in [7, 11) is 1.68. The molecule has 0 amide bonds. The van der Waals surface area contributed by atoms with Gasteiger partial charge in [0.1, 0.15) is 5.75 Å². The summed E-state index contributed by atoms with van der Waals surface area (Å²) in [6.07, 6.45) is 8.40. The second-order valence-corrected chi connectivity index (χ2v) is 10.8. The third-order valence-electron chi connectivity index (χ3n) is 8.07. The predicted molar refractivity (Wildman–Crippen MR) is 182 cm³/mol. The molecule has 8 bridgehead atoms. The van der Waals surface area contributed by atoms with Gasteiger partial charge in [0, 0.05) is 38.8 Å². The summed E-state index contributed by atoms with van der Waals surface area (Å²) in [5, 5.41) is 0. The van der Waals surface area contributed by atoms with E-state index < -0.39 is 0 Å². The molecule has 3 aromatic carbocycles. The molecule has 0 spiro atoms. The first-order chi connectivity index (χ1) is 21.7. The maximum Gasteiger partial charge on any atom is 0.118 e. The zero-order chi connectivity index (χ0) is 29.5. The molecule has 0 unspecified atom stereocenters. The Labute approximate surface area is 254 Å². The minimum atomic E-state index is 0.802. The SMILES string of the molecule is COc1ccc(-c2c3nc(c(-c4ccccc4)c4ccc(cc5ccc([nH]5)c(-c5ccccc5)c5nc2C=C5)[nH]4)C=C3)cc1. The molecule has 2 N–H and O–H groups in total. The molecule has 5 heteroatoms. The summed E-state index contributed by atoms with van der Waals surface area (Å²) in [6, 6.07) is 39.6. The van der Waals surface area contributed by atoms with E-state index in [1.807, 2.05) is 24.3 Å². The van der Waals surface area contributed by atoms with E-state index in [4.69, 9.17) is 14.7 Å². The van der Waals surface area contributed by atoms with Crippen LogP contribution in [0.3, 0.4) is 0 Å². The standard InChI is InChI=1S/C39H28N4O/c1-44-30-16-12-27(13-17-30)39-35-22-20-33(42-35)37(25-8-4-2-5-9-25)31-18-14-28(40-31)24-29-15-19-32(41-29)38(26-10-6-3-7-11-26)34-21-23-36(39)43-34/h2-24,40-41H,1H3. The zero-order valence-electron chi connectivity index (χ0n) is 24.1. The number of hydrogen-bond acceptors (Lipinski definition) is 3. The number of aromatic amines is 2. The van der Waals surface area contributed by atoms with Crippen molar-refractivity contribution in [3.63, 3.8) is 0 Å². The number of H-pyrrole nitrogens is 2. The highest BCUT2D eigenvalue weighted by Crippen LogP contribution is 2.37. The quantitative estimate of drug-likeness (QED) is 0.222. The number of hydrogen-bond donors (Lipinski definition) is 2. The molecule has 3 aromatic heterocycles. The van der Waals surface area contributed by atoms with Crippen LogP contribution in [-0.2, 0) is 0 Å². The number of rotatable bonds is 4. The van der Waals surface area contributed by atoms with Crippen LogP contribution in [-0.4, -0.2) is 27.0 Å². The molecule has 210 valence electrons. The third-order valence-corrected chi connectivity index (χ3v) is 8.07. The molecule has 0 saturated heterocycles. The molecule has 0 saturated carbocycles. The second kappa shape index (κ2) is 10.7. The normalized spacial score (nSPS) is 12.0. The van der Waals surface area contributed by atoms with Gasteiger partial charge in [-0.3, -0.25) is 0 Å². The first-order valence-corrected chi connectivity index (χ1v) is 14.6. The van der Waals surface area contributed by atoms with Crippen LogP contribution in [0.25, 0.3) is 79.8 Å². The minimum absolute atomic E-state index is 0.802. The van der Waals surface area contributed by atoms with Crippen LogP contribution in [0.4, 0.5) is 0 Å². The van der Waals surface area contributed by atoms with Gasteiger partial charge in [-0.2, -0.15) is 0 Å². The Morgan fingerprint density at radius 1 is 0.455 bits per heavy atom. The lowest BCUT2D eigenvalue weighted by Crippen LogP contribution is -1.91. The second-order valence-electron chi connectivity index (χ2n) is 10.8. The molecular weight excluding hydrogens is 540 g/mol. The number of ether oxygens (including phenoxy) is 1. The number of aromatic nitrogens is 4. The van der Waals surface area contributed by atoms with E-state index in [9.17, 15) is 0 Å². The fraction of sp³-hybridized carbons (Fsp3) is 0.0256. The van der Waals surface area contributed by atoms with Crippen LogP contribution in [0.5, 0.6) is 5.75 Å².